The molecule has 0 saturated carbocycles. The van der Waals surface area contributed by atoms with Crippen molar-refractivity contribution in [2.24, 2.45) is 5.92 Å². The number of hydrogen-bond acceptors (Lipinski definition) is 6. The third-order valence-electron chi connectivity index (χ3n) is 6.00. The summed E-state index contributed by atoms with van der Waals surface area (Å²) in [5.74, 6) is -0.913. The lowest BCUT2D eigenvalue weighted by Gasteiger charge is -2.16. The first-order chi connectivity index (χ1) is 18.1. The predicted molar refractivity (Wildman–Crippen MR) is 140 cm³/mol. The second kappa shape index (κ2) is 15.9. The normalized spacial score (nSPS) is 10.6. The Bertz CT molecular complexity index is 941. The molecule has 3 rings (SSSR count). The van der Waals surface area contributed by atoms with Gasteiger partial charge >= 0.3 is 17.9 Å². The molecular weight excluding hydrogens is 468 g/mol. The Hall–Kier alpha value is -3.93. The van der Waals surface area contributed by atoms with Gasteiger partial charge in [-0.05, 0) is 41.9 Å². The molecule has 0 unspecified atom stereocenters. The zero-order chi connectivity index (χ0) is 26.1. The number of benzene rings is 3. The highest BCUT2D eigenvalue weighted by Crippen LogP contribution is 2.21. The molecule has 0 amide bonds. The van der Waals surface area contributed by atoms with Crippen LogP contribution >= 0.6 is 0 Å². The van der Waals surface area contributed by atoms with Crippen LogP contribution in [0.15, 0.2) is 91.0 Å². The summed E-state index contributed by atoms with van der Waals surface area (Å²) >= 11 is 0. The van der Waals surface area contributed by atoms with Gasteiger partial charge in [-0.25, -0.2) is 0 Å². The van der Waals surface area contributed by atoms with Gasteiger partial charge in [-0.3, -0.25) is 14.4 Å². The largest absolute Gasteiger partial charge is 0.461 e. The lowest BCUT2D eigenvalue weighted by Crippen LogP contribution is -2.13. The molecule has 0 aromatic heterocycles. The molecule has 0 N–H and O–H groups in total. The maximum absolute atomic E-state index is 12.3. The van der Waals surface area contributed by atoms with Crippen molar-refractivity contribution in [2.75, 3.05) is 0 Å². The number of esters is 3. The van der Waals surface area contributed by atoms with E-state index >= 15 is 0 Å². The average molecular weight is 503 g/mol. The van der Waals surface area contributed by atoms with Gasteiger partial charge in [-0.1, -0.05) is 91.0 Å². The summed E-state index contributed by atoms with van der Waals surface area (Å²) in [6.07, 6.45) is 2.21. The Morgan fingerprint density at radius 1 is 0.459 bits per heavy atom. The van der Waals surface area contributed by atoms with Crippen LogP contribution < -0.4 is 0 Å². The first-order valence-electron chi connectivity index (χ1n) is 12.7. The summed E-state index contributed by atoms with van der Waals surface area (Å²) in [5, 5.41) is 0. The van der Waals surface area contributed by atoms with Crippen molar-refractivity contribution in [1.82, 2.24) is 0 Å². The minimum Gasteiger partial charge on any atom is -0.461 e. The molecule has 0 spiro atoms. The molecule has 0 aliphatic carbocycles. The molecule has 6 nitrogen and oxygen atoms in total. The third kappa shape index (κ3) is 11.6. The van der Waals surface area contributed by atoms with Crippen molar-refractivity contribution in [3.05, 3.63) is 108 Å². The molecule has 0 fully saturated rings. The first-order valence-corrected chi connectivity index (χ1v) is 12.7. The smallest absolute Gasteiger partial charge is 0.306 e. The molecule has 6 heteroatoms. The van der Waals surface area contributed by atoms with E-state index in [1.165, 1.54) is 0 Å². The second-order valence-electron chi connectivity index (χ2n) is 8.92. The van der Waals surface area contributed by atoms with Crippen molar-refractivity contribution in [2.45, 2.75) is 58.3 Å². The molecule has 37 heavy (non-hydrogen) atoms. The van der Waals surface area contributed by atoms with Crippen molar-refractivity contribution in [3.8, 4) is 0 Å². The summed E-state index contributed by atoms with van der Waals surface area (Å²) in [7, 11) is 0. The van der Waals surface area contributed by atoms with Crippen LogP contribution in [-0.4, -0.2) is 17.9 Å². The number of carbonyl (C=O) groups excluding carboxylic acids is 3. The first kappa shape index (κ1) is 27.7. The molecule has 194 valence electrons. The number of carbonyl (C=O) groups is 3. The summed E-state index contributed by atoms with van der Waals surface area (Å²) in [4.78, 5) is 36.9. The summed E-state index contributed by atoms with van der Waals surface area (Å²) in [6.45, 7) is 0.673. The van der Waals surface area contributed by atoms with Crippen LogP contribution in [0.5, 0.6) is 0 Å². The van der Waals surface area contributed by atoms with Gasteiger partial charge in [-0.2, -0.15) is 0 Å². The quantitative estimate of drug-likeness (QED) is 0.183. The fourth-order valence-electron chi connectivity index (χ4n) is 3.83. The van der Waals surface area contributed by atoms with Gasteiger partial charge in [-0.15, -0.1) is 0 Å². The SMILES string of the molecule is O=C(CCC(CCC(=O)OCc1ccccc1)CCC(=O)OCc1ccccc1)OCc1ccccc1. The van der Waals surface area contributed by atoms with Gasteiger partial charge in [0.1, 0.15) is 19.8 Å². The molecule has 0 aliphatic heterocycles. The zero-order valence-corrected chi connectivity index (χ0v) is 21.1. The maximum Gasteiger partial charge on any atom is 0.306 e. The van der Waals surface area contributed by atoms with E-state index in [0.29, 0.717) is 19.3 Å². The highest BCUT2D eigenvalue weighted by atomic mass is 16.5. The topological polar surface area (TPSA) is 78.9 Å². The molecule has 0 atom stereocenters. The number of hydrogen-bond donors (Lipinski definition) is 0. The second-order valence-corrected chi connectivity index (χ2v) is 8.92. The molecule has 0 heterocycles. The summed E-state index contributed by atoms with van der Waals surface area (Å²) < 4.78 is 16.1. The van der Waals surface area contributed by atoms with Crippen molar-refractivity contribution in [1.29, 1.82) is 0 Å². The fraction of sp³-hybridized carbons (Fsp3) is 0.323. The van der Waals surface area contributed by atoms with E-state index in [1.807, 2.05) is 91.0 Å². The van der Waals surface area contributed by atoms with E-state index in [-0.39, 0.29) is 62.9 Å². The predicted octanol–water partition coefficient (Wildman–Crippen LogP) is 6.17. The third-order valence-corrected chi connectivity index (χ3v) is 6.00. The highest BCUT2D eigenvalue weighted by Gasteiger charge is 2.17. The fourth-order valence-corrected chi connectivity index (χ4v) is 3.83. The van der Waals surface area contributed by atoms with E-state index < -0.39 is 0 Å². The maximum atomic E-state index is 12.3. The van der Waals surface area contributed by atoms with Crippen LogP contribution in [0.1, 0.15) is 55.2 Å². The van der Waals surface area contributed by atoms with E-state index in [4.69, 9.17) is 14.2 Å². The summed E-state index contributed by atoms with van der Waals surface area (Å²) in [5.41, 5.74) is 2.78. The molecule has 3 aromatic carbocycles. The Labute approximate surface area is 218 Å². The van der Waals surface area contributed by atoms with Crippen LogP contribution in [0.2, 0.25) is 0 Å². The minimum atomic E-state index is -0.299. The Kier molecular flexibility index (Phi) is 11.9. The summed E-state index contributed by atoms with van der Waals surface area (Å²) in [6, 6.07) is 28.5. The number of rotatable bonds is 15. The number of ether oxygens (including phenoxy) is 3. The van der Waals surface area contributed by atoms with Gasteiger partial charge in [0.05, 0.1) is 0 Å². The van der Waals surface area contributed by atoms with Crippen molar-refractivity contribution < 1.29 is 28.6 Å². The molecule has 0 saturated heterocycles. The molecule has 0 aliphatic rings. The van der Waals surface area contributed by atoms with Crippen LogP contribution in [0.4, 0.5) is 0 Å². The standard InChI is InChI=1S/C31H34O6/c32-29(35-22-26-10-4-1-5-11-26)19-16-25(17-20-30(33)36-23-27-12-6-2-7-13-27)18-21-31(34)37-24-28-14-8-3-9-15-28/h1-15,25H,16-24H2. The molecule has 0 radical (unpaired) electrons. The van der Waals surface area contributed by atoms with Gasteiger partial charge in [0, 0.05) is 19.3 Å². The zero-order valence-electron chi connectivity index (χ0n) is 21.1. The van der Waals surface area contributed by atoms with Crippen LogP contribution in [-0.2, 0) is 48.4 Å². The van der Waals surface area contributed by atoms with Crippen LogP contribution in [0.25, 0.3) is 0 Å². The monoisotopic (exact) mass is 502 g/mol. The Morgan fingerprint density at radius 2 is 0.730 bits per heavy atom. The highest BCUT2D eigenvalue weighted by molar-refractivity contribution is 5.70. The Balaban J connectivity index is 1.44. The van der Waals surface area contributed by atoms with Crippen molar-refractivity contribution in [3.63, 3.8) is 0 Å². The van der Waals surface area contributed by atoms with Gasteiger partial charge < -0.3 is 14.2 Å². The molecular formula is C31H34O6. The molecule has 3 aromatic rings. The van der Waals surface area contributed by atoms with Crippen LogP contribution in [0.3, 0.4) is 0 Å². The average Bonchev–Trinajstić information content (AvgIpc) is 2.95. The van der Waals surface area contributed by atoms with Crippen molar-refractivity contribution >= 4 is 17.9 Å². The van der Waals surface area contributed by atoms with Crippen LogP contribution in [0, 0.1) is 5.92 Å². The van der Waals surface area contributed by atoms with Gasteiger partial charge in [0.2, 0.25) is 0 Å². The minimum absolute atomic E-state index is 0.0159. The lowest BCUT2D eigenvalue weighted by molar-refractivity contribution is -0.145. The van der Waals surface area contributed by atoms with E-state index in [2.05, 4.69) is 0 Å². The van der Waals surface area contributed by atoms with E-state index in [1.54, 1.807) is 0 Å². The van der Waals surface area contributed by atoms with E-state index in [0.717, 1.165) is 16.7 Å². The molecule has 0 bridgehead atoms. The lowest BCUT2D eigenvalue weighted by atomic mass is 9.92. The van der Waals surface area contributed by atoms with Gasteiger partial charge in [0.15, 0.2) is 0 Å². The van der Waals surface area contributed by atoms with E-state index in [9.17, 15) is 14.4 Å². The Morgan fingerprint density at radius 3 is 1.00 bits per heavy atom. The van der Waals surface area contributed by atoms with Gasteiger partial charge in [0.25, 0.3) is 0 Å².